The minimum Gasteiger partial charge on any atom is -0.318 e. The van der Waals surface area contributed by atoms with Gasteiger partial charge in [0.1, 0.15) is 0 Å². The zero-order valence-electron chi connectivity index (χ0n) is 15.8. The average molecular weight is 362 g/mol. The summed E-state index contributed by atoms with van der Waals surface area (Å²) in [6.07, 6.45) is 5.07. The van der Waals surface area contributed by atoms with Crippen molar-refractivity contribution in [3.63, 3.8) is 0 Å². The van der Waals surface area contributed by atoms with Crippen LogP contribution in [0.25, 0.3) is 0 Å². The van der Waals surface area contributed by atoms with E-state index in [1.807, 2.05) is 6.07 Å². The van der Waals surface area contributed by atoms with Gasteiger partial charge in [0.15, 0.2) is 0 Å². The number of hydrogen-bond donors (Lipinski definition) is 1. The van der Waals surface area contributed by atoms with E-state index < -0.39 is 5.91 Å². The minimum absolute atomic E-state index is 0.366. The zero-order chi connectivity index (χ0) is 18.8. The van der Waals surface area contributed by atoms with Gasteiger partial charge in [0, 0.05) is 12.6 Å². The molecule has 140 valence electrons. The molecule has 0 fully saturated rings. The number of ketones is 1. The van der Waals surface area contributed by atoms with Crippen molar-refractivity contribution < 1.29 is 9.59 Å². The maximum absolute atomic E-state index is 12.2. The fourth-order valence-corrected chi connectivity index (χ4v) is 4.48. The Morgan fingerprint density at radius 1 is 1.07 bits per heavy atom. The van der Waals surface area contributed by atoms with Crippen molar-refractivity contribution in [1.82, 2.24) is 4.90 Å². The second-order valence-corrected chi connectivity index (χ2v) is 7.58. The summed E-state index contributed by atoms with van der Waals surface area (Å²) in [5.41, 5.74) is 5.02. The van der Waals surface area contributed by atoms with Crippen LogP contribution in [0.4, 0.5) is 5.69 Å². The van der Waals surface area contributed by atoms with Crippen LogP contribution in [0.15, 0.2) is 42.5 Å². The molecular weight excluding hydrogens is 336 g/mol. The van der Waals surface area contributed by atoms with Crippen molar-refractivity contribution in [2.45, 2.75) is 45.1 Å². The van der Waals surface area contributed by atoms with Crippen molar-refractivity contribution in [2.24, 2.45) is 0 Å². The van der Waals surface area contributed by atoms with Gasteiger partial charge in [-0.2, -0.15) is 0 Å². The Morgan fingerprint density at radius 2 is 1.89 bits per heavy atom. The number of benzene rings is 2. The molecule has 0 saturated carbocycles. The summed E-state index contributed by atoms with van der Waals surface area (Å²) in [4.78, 5) is 26.6. The normalized spacial score (nSPS) is 18.4. The number of anilines is 1. The fraction of sp³-hybridized carbons (Fsp3) is 0.391. The molecule has 1 atom stereocenters. The molecule has 0 saturated heterocycles. The molecule has 2 aromatic carbocycles. The summed E-state index contributed by atoms with van der Waals surface area (Å²) in [5, 5.41) is 2.69. The third kappa shape index (κ3) is 3.54. The lowest BCUT2D eigenvalue weighted by Gasteiger charge is -2.35. The third-order valence-electron chi connectivity index (χ3n) is 5.83. The van der Waals surface area contributed by atoms with Crippen LogP contribution >= 0.6 is 0 Å². The van der Waals surface area contributed by atoms with Crippen LogP contribution in [-0.2, 0) is 24.1 Å². The van der Waals surface area contributed by atoms with E-state index in [2.05, 4.69) is 53.5 Å². The Kier molecular flexibility index (Phi) is 5.08. The van der Waals surface area contributed by atoms with Crippen LogP contribution in [0.1, 0.15) is 46.8 Å². The van der Waals surface area contributed by atoms with E-state index in [1.165, 1.54) is 11.1 Å². The number of nitrogens with one attached hydrogen (secondary N) is 1. The third-order valence-corrected chi connectivity index (χ3v) is 5.83. The van der Waals surface area contributed by atoms with Gasteiger partial charge in [-0.3, -0.25) is 14.5 Å². The van der Waals surface area contributed by atoms with Gasteiger partial charge < -0.3 is 5.32 Å². The Morgan fingerprint density at radius 3 is 2.67 bits per heavy atom. The number of nitrogens with zero attached hydrogens (tertiary/aromatic N) is 1. The highest BCUT2D eigenvalue weighted by Gasteiger charge is 2.34. The molecule has 4 nitrogen and oxygen atoms in total. The van der Waals surface area contributed by atoms with Gasteiger partial charge in [0.25, 0.3) is 11.7 Å². The lowest BCUT2D eigenvalue weighted by molar-refractivity contribution is -0.112. The van der Waals surface area contributed by atoms with Crippen molar-refractivity contribution in [3.05, 3.63) is 64.7 Å². The molecule has 1 unspecified atom stereocenters. The van der Waals surface area contributed by atoms with Crippen molar-refractivity contribution in [2.75, 3.05) is 18.4 Å². The van der Waals surface area contributed by atoms with Crippen LogP contribution in [0.2, 0.25) is 0 Å². The molecular formula is C23H26N2O2. The molecule has 0 bridgehead atoms. The Labute approximate surface area is 160 Å². The van der Waals surface area contributed by atoms with E-state index in [0.717, 1.165) is 50.8 Å². The van der Waals surface area contributed by atoms with E-state index >= 15 is 0 Å². The number of carbonyl (C=O) groups is 2. The molecule has 0 spiro atoms. The average Bonchev–Trinajstić information content (AvgIpc) is 3.00. The van der Waals surface area contributed by atoms with Crippen molar-refractivity contribution in [1.29, 1.82) is 0 Å². The highest BCUT2D eigenvalue weighted by atomic mass is 16.2. The molecule has 1 aliphatic carbocycles. The molecule has 27 heavy (non-hydrogen) atoms. The molecule has 4 rings (SSSR count). The lowest BCUT2D eigenvalue weighted by atomic mass is 9.83. The van der Waals surface area contributed by atoms with Crippen LogP contribution < -0.4 is 5.32 Å². The quantitative estimate of drug-likeness (QED) is 0.798. The summed E-state index contributed by atoms with van der Waals surface area (Å²) >= 11 is 0. The summed E-state index contributed by atoms with van der Waals surface area (Å²) in [6.45, 7) is 4.38. The van der Waals surface area contributed by atoms with Crippen molar-refractivity contribution in [3.8, 4) is 0 Å². The van der Waals surface area contributed by atoms with Gasteiger partial charge >= 0.3 is 0 Å². The molecule has 0 radical (unpaired) electrons. The fourth-order valence-electron chi connectivity index (χ4n) is 4.48. The molecule has 1 aliphatic heterocycles. The number of Topliss-reactive ketones (excluding diaryl/α,β-unsaturated/α-hetero) is 1. The molecule has 2 aromatic rings. The Bertz CT molecular complexity index is 860. The number of carbonyl (C=O) groups excluding carboxylic acids is 2. The van der Waals surface area contributed by atoms with E-state index in [0.29, 0.717) is 17.3 Å². The molecule has 2 aliphatic rings. The van der Waals surface area contributed by atoms with Gasteiger partial charge in [-0.25, -0.2) is 0 Å². The molecule has 1 heterocycles. The lowest BCUT2D eigenvalue weighted by Crippen LogP contribution is -2.41. The van der Waals surface area contributed by atoms with E-state index in [4.69, 9.17) is 0 Å². The van der Waals surface area contributed by atoms with Gasteiger partial charge in [-0.15, -0.1) is 0 Å². The first-order valence-corrected chi connectivity index (χ1v) is 9.95. The van der Waals surface area contributed by atoms with E-state index in [1.54, 1.807) is 0 Å². The monoisotopic (exact) mass is 362 g/mol. The van der Waals surface area contributed by atoms with Crippen LogP contribution in [0.3, 0.4) is 0 Å². The van der Waals surface area contributed by atoms with Gasteiger partial charge in [-0.05, 0) is 61.4 Å². The molecule has 4 heteroatoms. The SMILES string of the molecule is CCCN(CCc1ccccc1)C1CCc2c(ccc3c2C(=O)C(=O)N3)C1. The minimum atomic E-state index is -0.490. The number of rotatable bonds is 6. The summed E-state index contributed by atoms with van der Waals surface area (Å²) in [6, 6.07) is 15.1. The van der Waals surface area contributed by atoms with Crippen LogP contribution in [0, 0.1) is 0 Å². The van der Waals surface area contributed by atoms with Crippen molar-refractivity contribution >= 4 is 17.4 Å². The maximum Gasteiger partial charge on any atom is 0.296 e. The highest BCUT2D eigenvalue weighted by Crippen LogP contribution is 2.34. The summed E-state index contributed by atoms with van der Waals surface area (Å²) < 4.78 is 0. The second kappa shape index (κ2) is 7.65. The molecule has 1 N–H and O–H groups in total. The standard InChI is InChI=1S/C23H26N2O2/c1-2-13-25(14-12-16-6-4-3-5-7-16)18-9-10-19-17(15-18)8-11-20-21(19)22(26)23(27)24-20/h3-8,11,18H,2,9-10,12-15H2,1H3,(H,24,26,27). The largest absolute Gasteiger partial charge is 0.318 e. The van der Waals surface area contributed by atoms with Crippen LogP contribution in [0.5, 0.6) is 0 Å². The predicted molar refractivity (Wildman–Crippen MR) is 107 cm³/mol. The molecule has 1 amide bonds. The van der Waals surface area contributed by atoms with Crippen LogP contribution in [-0.4, -0.2) is 35.7 Å². The summed E-state index contributed by atoms with van der Waals surface area (Å²) in [7, 11) is 0. The van der Waals surface area contributed by atoms with Gasteiger partial charge in [-0.1, -0.05) is 43.3 Å². The predicted octanol–water partition coefficient (Wildman–Crippen LogP) is 3.63. The zero-order valence-corrected chi connectivity index (χ0v) is 15.8. The summed E-state index contributed by atoms with van der Waals surface area (Å²) in [5.74, 6) is -0.856. The second-order valence-electron chi connectivity index (χ2n) is 7.58. The number of fused-ring (bicyclic) bond motifs is 3. The maximum atomic E-state index is 12.2. The number of hydrogen-bond acceptors (Lipinski definition) is 3. The topological polar surface area (TPSA) is 49.4 Å². The first-order chi connectivity index (χ1) is 13.2. The van der Waals surface area contributed by atoms with E-state index in [9.17, 15) is 9.59 Å². The highest BCUT2D eigenvalue weighted by molar-refractivity contribution is 6.52. The smallest absolute Gasteiger partial charge is 0.296 e. The first kappa shape index (κ1) is 17.9. The molecule has 0 aromatic heterocycles. The number of amides is 1. The van der Waals surface area contributed by atoms with E-state index in [-0.39, 0.29) is 5.78 Å². The van der Waals surface area contributed by atoms with Gasteiger partial charge in [0.2, 0.25) is 0 Å². The first-order valence-electron chi connectivity index (χ1n) is 9.95. The Hall–Kier alpha value is -2.46. The van der Waals surface area contributed by atoms with Gasteiger partial charge in [0.05, 0.1) is 11.3 Å². The Balaban J connectivity index is 1.50.